The molecule has 0 aromatic carbocycles. The van der Waals surface area contributed by atoms with E-state index in [-0.39, 0.29) is 31.5 Å². The van der Waals surface area contributed by atoms with E-state index in [0.717, 1.165) is 0 Å². The Labute approximate surface area is 122 Å². The molecule has 0 aliphatic carbocycles. The second-order valence-corrected chi connectivity index (χ2v) is 5.22. The largest absolute Gasteiger partial charge is 0.480 e. The van der Waals surface area contributed by atoms with Gasteiger partial charge in [0.2, 0.25) is 11.8 Å². The first-order valence-corrected chi connectivity index (χ1v) is 6.60. The fourth-order valence-corrected chi connectivity index (χ4v) is 1.79. The van der Waals surface area contributed by atoms with Crippen molar-refractivity contribution in [2.45, 2.75) is 19.9 Å². The molecule has 0 radical (unpaired) electrons. The molecule has 0 saturated carbocycles. The first kappa shape index (κ1) is 16.9. The molecule has 4 N–H and O–H groups in total. The second-order valence-electron chi connectivity index (χ2n) is 5.22. The van der Waals surface area contributed by atoms with Gasteiger partial charge in [0, 0.05) is 13.1 Å². The van der Waals surface area contributed by atoms with Crippen molar-refractivity contribution in [1.82, 2.24) is 20.9 Å². The zero-order chi connectivity index (χ0) is 16.0. The van der Waals surface area contributed by atoms with Crippen molar-refractivity contribution in [2.24, 2.45) is 5.92 Å². The average molecular weight is 300 g/mol. The molecule has 0 bridgehead atoms. The minimum atomic E-state index is -1.13. The van der Waals surface area contributed by atoms with Crippen molar-refractivity contribution < 1.29 is 24.3 Å². The molecule has 0 spiro atoms. The molecule has 1 fully saturated rings. The number of nitrogens with zero attached hydrogens (tertiary/aromatic N) is 1. The molecular weight excluding hydrogens is 280 g/mol. The summed E-state index contributed by atoms with van der Waals surface area (Å²) in [5, 5.41) is 16.1. The third-order valence-electron chi connectivity index (χ3n) is 2.84. The number of rotatable bonds is 5. The number of hydrogen-bond donors (Lipinski definition) is 4. The van der Waals surface area contributed by atoms with E-state index in [1.54, 1.807) is 0 Å². The molecule has 1 aliphatic rings. The normalized spacial score (nSPS) is 19.0. The van der Waals surface area contributed by atoms with Gasteiger partial charge in [-0.25, -0.2) is 4.79 Å². The highest BCUT2D eigenvalue weighted by molar-refractivity contribution is 5.96. The van der Waals surface area contributed by atoms with Crippen molar-refractivity contribution in [3.8, 4) is 0 Å². The zero-order valence-electron chi connectivity index (χ0n) is 12.0. The summed E-state index contributed by atoms with van der Waals surface area (Å²) in [6.45, 7) is 3.64. The molecule has 9 heteroatoms. The number of hydrogen-bond acceptors (Lipinski definition) is 5. The number of aliphatic carboxylic acids is 1. The number of urea groups is 1. The summed E-state index contributed by atoms with van der Waals surface area (Å²) >= 11 is 0. The van der Waals surface area contributed by atoms with Crippen LogP contribution in [0.4, 0.5) is 4.79 Å². The van der Waals surface area contributed by atoms with Gasteiger partial charge in [-0.15, -0.1) is 0 Å². The van der Waals surface area contributed by atoms with Crippen LogP contribution in [0.5, 0.6) is 0 Å². The van der Waals surface area contributed by atoms with Crippen molar-refractivity contribution >= 4 is 23.8 Å². The molecule has 4 amide bonds. The number of carboxylic acid groups (broad SMARTS) is 1. The lowest BCUT2D eigenvalue weighted by Gasteiger charge is -2.31. The first-order chi connectivity index (χ1) is 9.79. The molecule has 9 nitrogen and oxygen atoms in total. The van der Waals surface area contributed by atoms with Crippen LogP contribution in [0.3, 0.4) is 0 Å². The smallest absolute Gasteiger partial charge is 0.322 e. The molecule has 1 aliphatic heterocycles. The predicted octanol–water partition coefficient (Wildman–Crippen LogP) is -1.65. The van der Waals surface area contributed by atoms with Gasteiger partial charge < -0.3 is 15.7 Å². The Balaban J connectivity index is 2.49. The Morgan fingerprint density at radius 1 is 1.43 bits per heavy atom. The Bertz CT molecular complexity index is 437. The Morgan fingerprint density at radius 2 is 2.10 bits per heavy atom. The van der Waals surface area contributed by atoms with Gasteiger partial charge >= 0.3 is 12.0 Å². The number of imide groups is 1. The van der Waals surface area contributed by atoms with Gasteiger partial charge in [0.25, 0.3) is 0 Å². The van der Waals surface area contributed by atoms with Crippen LogP contribution >= 0.6 is 0 Å². The maximum Gasteiger partial charge on any atom is 0.322 e. The number of carboxylic acids is 1. The Hall–Kier alpha value is -2.16. The predicted molar refractivity (Wildman–Crippen MR) is 72.4 cm³/mol. The van der Waals surface area contributed by atoms with Gasteiger partial charge in [-0.2, -0.15) is 0 Å². The lowest BCUT2D eigenvalue weighted by atomic mass is 10.2. The molecule has 21 heavy (non-hydrogen) atoms. The van der Waals surface area contributed by atoms with E-state index in [1.807, 2.05) is 13.8 Å². The van der Waals surface area contributed by atoms with E-state index in [9.17, 15) is 19.2 Å². The summed E-state index contributed by atoms with van der Waals surface area (Å²) in [6, 6.07) is -1.62. The highest BCUT2D eigenvalue weighted by Crippen LogP contribution is 2.03. The molecular formula is C12H20N4O5. The van der Waals surface area contributed by atoms with Crippen LogP contribution in [0.25, 0.3) is 0 Å². The highest BCUT2D eigenvalue weighted by Gasteiger charge is 2.33. The van der Waals surface area contributed by atoms with E-state index in [1.165, 1.54) is 4.90 Å². The van der Waals surface area contributed by atoms with Gasteiger partial charge in [0.1, 0.15) is 6.04 Å². The average Bonchev–Trinajstić information content (AvgIpc) is 2.35. The van der Waals surface area contributed by atoms with E-state index in [0.29, 0.717) is 6.54 Å². The van der Waals surface area contributed by atoms with Crippen LogP contribution in [0.2, 0.25) is 0 Å². The van der Waals surface area contributed by atoms with Crippen molar-refractivity contribution in [3.05, 3.63) is 0 Å². The molecule has 1 atom stereocenters. The monoisotopic (exact) mass is 300 g/mol. The van der Waals surface area contributed by atoms with E-state index in [4.69, 9.17) is 5.11 Å². The molecule has 118 valence electrons. The lowest BCUT2D eigenvalue weighted by Crippen LogP contribution is -2.59. The number of carbonyl (C=O) groups excluding carboxylic acids is 3. The van der Waals surface area contributed by atoms with Crippen molar-refractivity contribution in [2.75, 3.05) is 26.2 Å². The van der Waals surface area contributed by atoms with E-state index < -0.39 is 23.9 Å². The van der Waals surface area contributed by atoms with Crippen molar-refractivity contribution in [1.29, 1.82) is 0 Å². The standard InChI is InChI=1S/C12H20N4O5/c1-7(2)3-14-12(21)15-10(18)6-16-5-9(17)13-4-8(16)11(19)20/h7-8H,3-6H2,1-2H3,(H,13,17)(H,19,20)(H2,14,15,18,21). The third kappa shape index (κ3) is 5.78. The summed E-state index contributed by atoms with van der Waals surface area (Å²) in [4.78, 5) is 46.7. The fourth-order valence-electron chi connectivity index (χ4n) is 1.79. The quantitative estimate of drug-likeness (QED) is 0.482. The third-order valence-corrected chi connectivity index (χ3v) is 2.84. The molecule has 1 unspecified atom stereocenters. The fraction of sp³-hybridized carbons (Fsp3) is 0.667. The van der Waals surface area contributed by atoms with Crippen molar-refractivity contribution in [3.63, 3.8) is 0 Å². The Morgan fingerprint density at radius 3 is 2.67 bits per heavy atom. The van der Waals surface area contributed by atoms with Crippen LogP contribution in [0, 0.1) is 5.92 Å². The highest BCUT2D eigenvalue weighted by atomic mass is 16.4. The molecule has 0 aromatic heterocycles. The minimum Gasteiger partial charge on any atom is -0.480 e. The molecule has 1 heterocycles. The molecule has 1 saturated heterocycles. The van der Waals surface area contributed by atoms with Crippen LogP contribution in [0.15, 0.2) is 0 Å². The maximum atomic E-state index is 11.7. The first-order valence-electron chi connectivity index (χ1n) is 6.60. The zero-order valence-corrected chi connectivity index (χ0v) is 12.0. The minimum absolute atomic E-state index is 0.0685. The van der Waals surface area contributed by atoms with Crippen LogP contribution < -0.4 is 16.0 Å². The van der Waals surface area contributed by atoms with Crippen LogP contribution in [-0.2, 0) is 14.4 Å². The van der Waals surface area contributed by atoms with Gasteiger partial charge in [0.05, 0.1) is 13.1 Å². The van der Waals surface area contributed by atoms with Crippen LogP contribution in [0.1, 0.15) is 13.8 Å². The number of nitrogens with one attached hydrogen (secondary N) is 3. The molecule has 1 rings (SSSR count). The lowest BCUT2D eigenvalue weighted by molar-refractivity contribution is -0.146. The number of piperazine rings is 1. The Kier molecular flexibility index (Phi) is 6.10. The number of carbonyl (C=O) groups is 4. The second kappa shape index (κ2) is 7.58. The SMILES string of the molecule is CC(C)CNC(=O)NC(=O)CN1CC(=O)NCC1C(=O)O. The maximum absolute atomic E-state index is 11.7. The summed E-state index contributed by atoms with van der Waals surface area (Å²) in [6.07, 6.45) is 0. The van der Waals surface area contributed by atoms with Crippen LogP contribution in [-0.4, -0.2) is 66.0 Å². The summed E-state index contributed by atoms with van der Waals surface area (Å²) < 4.78 is 0. The van der Waals surface area contributed by atoms with Gasteiger partial charge in [-0.05, 0) is 5.92 Å². The summed E-state index contributed by atoms with van der Waals surface area (Å²) in [5.41, 5.74) is 0. The van der Waals surface area contributed by atoms with Gasteiger partial charge in [-0.3, -0.25) is 24.6 Å². The number of amides is 4. The summed E-state index contributed by atoms with van der Waals surface area (Å²) in [5.74, 6) is -1.90. The van der Waals surface area contributed by atoms with E-state index in [2.05, 4.69) is 16.0 Å². The van der Waals surface area contributed by atoms with Gasteiger partial charge in [-0.1, -0.05) is 13.8 Å². The van der Waals surface area contributed by atoms with Gasteiger partial charge in [0.15, 0.2) is 0 Å². The van der Waals surface area contributed by atoms with E-state index >= 15 is 0 Å². The topological polar surface area (TPSA) is 128 Å². The molecule has 0 aromatic rings. The summed E-state index contributed by atoms with van der Waals surface area (Å²) in [7, 11) is 0.